The van der Waals surface area contributed by atoms with Crippen LogP contribution in [0, 0.1) is 5.82 Å². The molecule has 1 aromatic heterocycles. The second kappa shape index (κ2) is 8.55. The van der Waals surface area contributed by atoms with Gasteiger partial charge in [0.25, 0.3) is 0 Å². The number of carbonyl (C=O) groups is 2. The van der Waals surface area contributed by atoms with Crippen molar-refractivity contribution in [1.29, 1.82) is 0 Å². The van der Waals surface area contributed by atoms with Gasteiger partial charge in [0, 0.05) is 21.0 Å². The third kappa shape index (κ3) is 4.28. The molecule has 0 saturated carbocycles. The first-order valence-corrected chi connectivity index (χ1v) is 9.92. The van der Waals surface area contributed by atoms with Gasteiger partial charge in [-0.2, -0.15) is 0 Å². The van der Waals surface area contributed by atoms with Crippen molar-refractivity contribution in [2.24, 2.45) is 0 Å². The molecule has 6 heteroatoms. The Balaban J connectivity index is 1.66. The normalized spacial score (nSPS) is 10.7. The van der Waals surface area contributed by atoms with Gasteiger partial charge in [-0.15, -0.1) is 0 Å². The molecule has 148 valence electrons. The van der Waals surface area contributed by atoms with Crippen LogP contribution in [0.15, 0.2) is 83.3 Å². The second-order valence-corrected chi connectivity index (χ2v) is 7.50. The monoisotopic (exact) mass is 463 g/mol. The SMILES string of the molecule is O=C(COC(=O)c1cc(-c2ccccc2)nc2ccc(Br)cc12)c1ccc(F)cc1. The Morgan fingerprint density at radius 2 is 1.67 bits per heavy atom. The highest BCUT2D eigenvalue weighted by atomic mass is 79.9. The van der Waals surface area contributed by atoms with Crippen molar-refractivity contribution in [3.8, 4) is 11.3 Å². The topological polar surface area (TPSA) is 56.3 Å². The van der Waals surface area contributed by atoms with Crippen LogP contribution in [0.4, 0.5) is 4.39 Å². The molecular formula is C24H15BrFNO3. The van der Waals surface area contributed by atoms with E-state index >= 15 is 0 Å². The molecule has 4 aromatic rings. The number of ether oxygens (including phenoxy) is 1. The van der Waals surface area contributed by atoms with Gasteiger partial charge < -0.3 is 4.74 Å². The fraction of sp³-hybridized carbons (Fsp3) is 0.0417. The first-order chi connectivity index (χ1) is 14.5. The number of halogens is 2. The molecule has 0 radical (unpaired) electrons. The Morgan fingerprint density at radius 3 is 2.40 bits per heavy atom. The molecule has 0 aliphatic heterocycles. The summed E-state index contributed by atoms with van der Waals surface area (Å²) in [5.41, 5.74) is 2.71. The summed E-state index contributed by atoms with van der Waals surface area (Å²) < 4.78 is 19.1. The van der Waals surface area contributed by atoms with Gasteiger partial charge in [0.2, 0.25) is 0 Å². The van der Waals surface area contributed by atoms with Gasteiger partial charge in [-0.05, 0) is 48.5 Å². The van der Waals surface area contributed by atoms with E-state index in [-0.39, 0.29) is 5.56 Å². The highest BCUT2D eigenvalue weighted by Gasteiger charge is 2.17. The van der Waals surface area contributed by atoms with E-state index in [9.17, 15) is 14.0 Å². The molecule has 4 rings (SSSR count). The Labute approximate surface area is 180 Å². The van der Waals surface area contributed by atoms with E-state index in [0.717, 1.165) is 10.0 Å². The van der Waals surface area contributed by atoms with Crippen LogP contribution >= 0.6 is 15.9 Å². The molecule has 0 unspecified atom stereocenters. The van der Waals surface area contributed by atoms with E-state index in [0.29, 0.717) is 22.2 Å². The smallest absolute Gasteiger partial charge is 0.339 e. The first-order valence-electron chi connectivity index (χ1n) is 9.13. The number of esters is 1. The average molecular weight is 464 g/mol. The van der Waals surface area contributed by atoms with Crippen LogP contribution in [0.2, 0.25) is 0 Å². The molecule has 0 saturated heterocycles. The van der Waals surface area contributed by atoms with Crippen LogP contribution in [0.3, 0.4) is 0 Å². The van der Waals surface area contributed by atoms with Crippen LogP contribution in [0.5, 0.6) is 0 Å². The predicted molar refractivity (Wildman–Crippen MR) is 116 cm³/mol. The highest BCUT2D eigenvalue weighted by molar-refractivity contribution is 9.10. The molecule has 0 atom stereocenters. The van der Waals surface area contributed by atoms with E-state index < -0.39 is 24.2 Å². The molecule has 1 heterocycles. The summed E-state index contributed by atoms with van der Waals surface area (Å²) in [6, 6.07) is 21.7. The molecule has 30 heavy (non-hydrogen) atoms. The molecule has 4 nitrogen and oxygen atoms in total. The number of hydrogen-bond donors (Lipinski definition) is 0. The summed E-state index contributed by atoms with van der Waals surface area (Å²) in [4.78, 5) is 29.8. The minimum atomic E-state index is -0.631. The summed E-state index contributed by atoms with van der Waals surface area (Å²) in [5.74, 6) is -1.48. The van der Waals surface area contributed by atoms with Crippen LogP contribution in [0.1, 0.15) is 20.7 Å². The number of aromatic nitrogens is 1. The summed E-state index contributed by atoms with van der Waals surface area (Å²) in [5, 5.41) is 0.614. The lowest BCUT2D eigenvalue weighted by Crippen LogP contribution is -2.15. The number of rotatable bonds is 5. The lowest BCUT2D eigenvalue weighted by Gasteiger charge is -2.10. The summed E-state index contributed by atoms with van der Waals surface area (Å²) in [7, 11) is 0. The van der Waals surface area contributed by atoms with E-state index in [4.69, 9.17) is 4.74 Å². The number of pyridine rings is 1. The highest BCUT2D eigenvalue weighted by Crippen LogP contribution is 2.27. The van der Waals surface area contributed by atoms with Crippen LogP contribution in [-0.2, 0) is 4.74 Å². The maximum Gasteiger partial charge on any atom is 0.339 e. The maximum atomic E-state index is 13.0. The first kappa shape index (κ1) is 19.9. The number of hydrogen-bond acceptors (Lipinski definition) is 4. The van der Waals surface area contributed by atoms with E-state index in [1.165, 1.54) is 24.3 Å². The van der Waals surface area contributed by atoms with Gasteiger partial charge >= 0.3 is 5.97 Å². The second-order valence-electron chi connectivity index (χ2n) is 6.59. The Morgan fingerprint density at radius 1 is 0.933 bits per heavy atom. The predicted octanol–water partition coefficient (Wildman–Crippen LogP) is 5.84. The largest absolute Gasteiger partial charge is 0.454 e. The molecule has 0 spiro atoms. The van der Waals surface area contributed by atoms with Gasteiger partial charge in [-0.25, -0.2) is 14.2 Å². The Hall–Kier alpha value is -3.38. The van der Waals surface area contributed by atoms with Crippen LogP contribution < -0.4 is 0 Å². The quantitative estimate of drug-likeness (QED) is 0.275. The van der Waals surface area contributed by atoms with Gasteiger partial charge in [0.1, 0.15) is 5.82 Å². The van der Waals surface area contributed by atoms with Gasteiger partial charge in [-0.3, -0.25) is 4.79 Å². The number of fused-ring (bicyclic) bond motifs is 1. The summed E-state index contributed by atoms with van der Waals surface area (Å²) >= 11 is 3.41. The van der Waals surface area contributed by atoms with Crippen LogP contribution in [-0.4, -0.2) is 23.3 Å². The number of benzene rings is 3. The molecular weight excluding hydrogens is 449 g/mol. The van der Waals surface area contributed by atoms with Gasteiger partial charge in [0.05, 0.1) is 16.8 Å². The van der Waals surface area contributed by atoms with Crippen molar-refractivity contribution < 1.29 is 18.7 Å². The summed E-state index contributed by atoms with van der Waals surface area (Å²) in [6.07, 6.45) is 0. The molecule has 0 N–H and O–H groups in total. The van der Waals surface area contributed by atoms with Crippen molar-refractivity contribution in [2.75, 3.05) is 6.61 Å². The number of Topliss-reactive ketones (excluding diaryl/α,β-unsaturated/α-hetero) is 1. The molecule has 0 aliphatic carbocycles. The molecule has 0 bridgehead atoms. The van der Waals surface area contributed by atoms with Crippen molar-refractivity contribution in [1.82, 2.24) is 4.98 Å². The minimum Gasteiger partial charge on any atom is -0.454 e. The molecule has 0 fully saturated rings. The zero-order valence-corrected chi connectivity index (χ0v) is 17.2. The van der Waals surface area contributed by atoms with Gasteiger partial charge in [0.15, 0.2) is 12.4 Å². The lowest BCUT2D eigenvalue weighted by atomic mass is 10.0. The van der Waals surface area contributed by atoms with Crippen LogP contribution in [0.25, 0.3) is 22.2 Å². The van der Waals surface area contributed by atoms with Crippen molar-refractivity contribution in [2.45, 2.75) is 0 Å². The standard InChI is InChI=1S/C24H15BrFNO3/c25-17-8-11-21-19(12-17)20(13-22(27-21)15-4-2-1-3-5-15)24(29)30-14-23(28)16-6-9-18(26)10-7-16/h1-13H,14H2. The molecule has 0 amide bonds. The average Bonchev–Trinajstić information content (AvgIpc) is 2.77. The van der Waals surface area contributed by atoms with Crippen molar-refractivity contribution in [3.63, 3.8) is 0 Å². The van der Waals surface area contributed by atoms with E-state index in [2.05, 4.69) is 20.9 Å². The minimum absolute atomic E-state index is 0.275. The van der Waals surface area contributed by atoms with E-state index in [1.807, 2.05) is 42.5 Å². The Bertz CT molecular complexity index is 1240. The molecule has 0 aliphatic rings. The fourth-order valence-electron chi connectivity index (χ4n) is 3.05. The number of ketones is 1. The third-order valence-corrected chi connectivity index (χ3v) is 5.05. The van der Waals surface area contributed by atoms with E-state index in [1.54, 1.807) is 12.1 Å². The van der Waals surface area contributed by atoms with Crippen molar-refractivity contribution in [3.05, 3.63) is 100 Å². The zero-order chi connectivity index (χ0) is 21.1. The fourth-order valence-corrected chi connectivity index (χ4v) is 3.41. The zero-order valence-electron chi connectivity index (χ0n) is 15.6. The van der Waals surface area contributed by atoms with Crippen molar-refractivity contribution >= 4 is 38.6 Å². The number of carbonyl (C=O) groups excluding carboxylic acids is 2. The van der Waals surface area contributed by atoms with Gasteiger partial charge in [-0.1, -0.05) is 46.3 Å². The Kier molecular flexibility index (Phi) is 5.68. The summed E-state index contributed by atoms with van der Waals surface area (Å²) in [6.45, 7) is -0.442. The molecule has 3 aromatic carbocycles. The number of nitrogens with zero attached hydrogens (tertiary/aromatic N) is 1. The maximum absolute atomic E-state index is 13.0. The lowest BCUT2D eigenvalue weighted by molar-refractivity contribution is 0.0476. The third-order valence-electron chi connectivity index (χ3n) is 4.56.